The molecule has 0 saturated carbocycles. The number of carbonyl (C=O) groups is 2. The number of benzene rings is 6. The number of halogens is 2. The molecule has 2 saturated heterocycles. The third-order valence-electron chi connectivity index (χ3n) is 24.1. The van der Waals surface area contributed by atoms with E-state index < -0.39 is 41.7 Å². The number of aromatic nitrogens is 4. The van der Waals surface area contributed by atoms with Crippen LogP contribution in [-0.2, 0) is 45.7 Å². The number of nitro benzene ring substituents is 2. The Hall–Kier alpha value is -10.5. The number of nitro groups is 2. The Bertz CT molecular complexity index is 5480. The molecule has 2 amide bonds. The molecule has 6 heterocycles. The van der Waals surface area contributed by atoms with E-state index in [0.717, 1.165) is 174 Å². The second-order valence-corrected chi connectivity index (χ2v) is 38.0. The molecule has 16 rings (SSSR count). The van der Waals surface area contributed by atoms with Crippen molar-refractivity contribution in [3.8, 4) is 23.0 Å². The molecule has 0 radical (unpaired) electrons. The molecule has 4 aromatic heterocycles. The third kappa shape index (κ3) is 18.8. The van der Waals surface area contributed by atoms with Crippen molar-refractivity contribution in [1.82, 2.24) is 39.2 Å². The molecular weight excluding hydrogens is 1580 g/mol. The van der Waals surface area contributed by atoms with Crippen LogP contribution in [0.5, 0.6) is 23.0 Å². The van der Waals surface area contributed by atoms with E-state index in [0.29, 0.717) is 70.7 Å². The zero-order valence-corrected chi connectivity index (χ0v) is 70.3. The first kappa shape index (κ1) is 82.6. The molecule has 4 aliphatic carbocycles. The lowest BCUT2D eigenvalue weighted by Gasteiger charge is -2.39. The molecule has 28 heteroatoms. The van der Waals surface area contributed by atoms with Gasteiger partial charge in [-0.3, -0.25) is 39.6 Å². The van der Waals surface area contributed by atoms with Crippen LogP contribution >= 0.6 is 23.2 Å². The van der Waals surface area contributed by atoms with Gasteiger partial charge in [-0.1, -0.05) is 126 Å². The number of amides is 2. The van der Waals surface area contributed by atoms with Crippen molar-refractivity contribution in [2.24, 2.45) is 22.7 Å². The highest BCUT2D eigenvalue weighted by atomic mass is 35.5. The van der Waals surface area contributed by atoms with Crippen molar-refractivity contribution in [3.63, 3.8) is 0 Å². The number of fused-ring (bicyclic) bond motifs is 4. The number of carbonyl (C=O) groups excluding carboxylic acids is 2. The van der Waals surface area contributed by atoms with Gasteiger partial charge in [0.15, 0.2) is 0 Å². The highest BCUT2D eigenvalue weighted by Gasteiger charge is 2.37. The Morgan fingerprint density at radius 2 is 0.915 bits per heavy atom. The van der Waals surface area contributed by atoms with Crippen molar-refractivity contribution >= 4 is 111 Å². The van der Waals surface area contributed by atoms with Gasteiger partial charge in [0.25, 0.3) is 43.2 Å². The fourth-order valence-corrected chi connectivity index (χ4v) is 20.2. The number of H-pyrrole nitrogens is 2. The van der Waals surface area contributed by atoms with E-state index in [1.165, 1.54) is 57.9 Å². The Morgan fingerprint density at radius 3 is 1.29 bits per heavy atom. The molecular formula is C90H98Cl2N12O12S2. The van der Waals surface area contributed by atoms with Crippen LogP contribution in [0.2, 0.25) is 10.0 Å². The topological polar surface area (TPSA) is 302 Å². The zero-order chi connectivity index (χ0) is 83.0. The van der Waals surface area contributed by atoms with Crippen LogP contribution in [0.3, 0.4) is 0 Å². The van der Waals surface area contributed by atoms with Gasteiger partial charge in [0.1, 0.15) is 34.3 Å². The maximum Gasteiger partial charge on any atom is 0.274 e. The lowest BCUT2D eigenvalue weighted by atomic mass is 9.72. The summed E-state index contributed by atoms with van der Waals surface area (Å²) >= 11 is 12.5. The van der Waals surface area contributed by atoms with Crippen LogP contribution in [0.1, 0.15) is 160 Å². The quantitative estimate of drug-likeness (QED) is 0.0323. The minimum absolute atomic E-state index is 0.00863. The van der Waals surface area contributed by atoms with Crippen LogP contribution in [0.4, 0.5) is 22.7 Å². The maximum absolute atomic E-state index is 14.0. The van der Waals surface area contributed by atoms with Crippen LogP contribution in [0.15, 0.2) is 179 Å². The number of ether oxygens (including phenoxy) is 2. The number of pyridine rings is 2. The third-order valence-corrected chi connectivity index (χ3v) is 27.3. The number of nitrogens with zero attached hydrogens (tertiary/aromatic N) is 8. The van der Waals surface area contributed by atoms with Crippen molar-refractivity contribution in [2.45, 2.75) is 141 Å². The number of piperazine rings is 2. The second kappa shape index (κ2) is 34.5. The summed E-state index contributed by atoms with van der Waals surface area (Å²) in [5.74, 6) is -0.383. The van der Waals surface area contributed by atoms with E-state index in [1.807, 2.05) is 36.4 Å². The van der Waals surface area contributed by atoms with Crippen molar-refractivity contribution in [1.29, 1.82) is 0 Å². The average Bonchev–Trinajstić information content (AvgIpc) is 1.54. The molecule has 10 aromatic rings. The number of nitrogens with one attached hydrogen (secondary N) is 4. The van der Waals surface area contributed by atoms with E-state index in [4.69, 9.17) is 32.7 Å². The second-order valence-electron chi connectivity index (χ2n) is 33.8. The minimum atomic E-state index is -4.51. The molecule has 616 valence electrons. The first-order valence-corrected chi connectivity index (χ1v) is 44.4. The molecule has 4 N–H and O–H groups in total. The number of hydrogen-bond acceptors (Lipinski definition) is 18. The fraction of sp³-hybridized carbons (Fsp3) is 0.378. The lowest BCUT2D eigenvalue weighted by Crippen LogP contribution is -2.47. The SMILES string of the molecule is CCC[C@@H]1Cc2cc(S(=O)(=O)NC(=O)c3ccc(N4CCN(CC5=C(c6ccc(Cl)cc6)CC(C)(C)CC5)CC4)cc3Oc3cnc4[nH]ccc4c3)cc([N+](=O)[O-])c2C1.CCC[C@H]1Cc2cc(S(=O)(=O)NC(=O)c3ccc(N4CCN(CC5=C(c6ccc(Cl)cc6)CC(C)(C)CC5)CC4)cc3Oc3cnc4[nH]ccc4c3)cc([N+](=O)[O-])c2C1. The Labute approximate surface area is 697 Å². The predicted octanol–water partition coefficient (Wildman–Crippen LogP) is 18.7. The number of sulfonamides is 2. The highest BCUT2D eigenvalue weighted by Crippen LogP contribution is 2.47. The molecule has 6 aromatic carbocycles. The molecule has 2 fully saturated rings. The number of rotatable bonds is 24. The van der Waals surface area contributed by atoms with E-state index in [-0.39, 0.29) is 66.5 Å². The zero-order valence-electron chi connectivity index (χ0n) is 67.2. The average molecular weight is 1670 g/mol. The molecule has 0 spiro atoms. The lowest BCUT2D eigenvalue weighted by molar-refractivity contribution is -0.385. The fourth-order valence-electron chi connectivity index (χ4n) is 17.8. The number of anilines is 2. The van der Waals surface area contributed by atoms with Crippen LogP contribution in [0.25, 0.3) is 33.2 Å². The summed E-state index contributed by atoms with van der Waals surface area (Å²) in [7, 11) is -9.01. The number of hydrogen-bond donors (Lipinski definition) is 4. The summed E-state index contributed by atoms with van der Waals surface area (Å²) < 4.78 is 72.2. The molecule has 24 nitrogen and oxygen atoms in total. The molecule has 0 bridgehead atoms. The van der Waals surface area contributed by atoms with Crippen LogP contribution < -0.4 is 28.7 Å². The first-order chi connectivity index (χ1) is 56.5. The van der Waals surface area contributed by atoms with Gasteiger partial charge in [-0.05, 0) is 205 Å². The molecule has 6 aliphatic rings. The van der Waals surface area contributed by atoms with Gasteiger partial charge in [-0.25, -0.2) is 36.2 Å². The minimum Gasteiger partial charge on any atom is -0.455 e. The number of aromatic amines is 2. The van der Waals surface area contributed by atoms with Gasteiger partial charge in [0.05, 0.1) is 43.2 Å². The summed E-state index contributed by atoms with van der Waals surface area (Å²) in [6.07, 6.45) is 18.8. The maximum atomic E-state index is 14.0. The van der Waals surface area contributed by atoms with Crippen molar-refractivity contribution in [3.05, 3.63) is 244 Å². The summed E-state index contributed by atoms with van der Waals surface area (Å²) in [5.41, 5.74) is 13.6. The van der Waals surface area contributed by atoms with Gasteiger partial charge in [-0.2, -0.15) is 0 Å². The highest BCUT2D eigenvalue weighted by molar-refractivity contribution is 7.90. The van der Waals surface area contributed by atoms with Crippen LogP contribution in [-0.4, -0.2) is 134 Å². The Balaban J connectivity index is 0.000000185. The van der Waals surface area contributed by atoms with E-state index in [1.54, 1.807) is 60.9 Å². The molecule has 2 aliphatic heterocycles. The number of allylic oxidation sites excluding steroid dienone is 2. The summed E-state index contributed by atoms with van der Waals surface area (Å²) in [6, 6.07) is 39.0. The summed E-state index contributed by atoms with van der Waals surface area (Å²) in [4.78, 5) is 74.8. The van der Waals surface area contributed by atoms with Gasteiger partial charge < -0.3 is 29.2 Å². The van der Waals surface area contributed by atoms with Crippen molar-refractivity contribution < 1.29 is 45.7 Å². The van der Waals surface area contributed by atoms with Crippen LogP contribution in [0, 0.1) is 42.9 Å². The van der Waals surface area contributed by atoms with Gasteiger partial charge >= 0.3 is 0 Å². The van der Waals surface area contributed by atoms with Gasteiger partial charge in [-0.15, -0.1) is 0 Å². The van der Waals surface area contributed by atoms with E-state index in [9.17, 15) is 46.7 Å². The van der Waals surface area contributed by atoms with Gasteiger partial charge in [0.2, 0.25) is 0 Å². The summed E-state index contributed by atoms with van der Waals surface area (Å²) in [6.45, 7) is 21.5. The monoisotopic (exact) mass is 1670 g/mol. The smallest absolute Gasteiger partial charge is 0.274 e. The molecule has 118 heavy (non-hydrogen) atoms. The Morgan fingerprint density at radius 1 is 0.525 bits per heavy atom. The predicted molar refractivity (Wildman–Crippen MR) is 462 cm³/mol. The summed E-state index contributed by atoms with van der Waals surface area (Å²) in [5, 5.41) is 27.2. The Kier molecular flexibility index (Phi) is 24.1. The van der Waals surface area contributed by atoms with Gasteiger partial charge in [0, 0.05) is 145 Å². The first-order valence-electron chi connectivity index (χ1n) is 40.6. The van der Waals surface area contributed by atoms with E-state index in [2.05, 4.69) is 115 Å². The normalized spacial score (nSPS) is 18.2. The van der Waals surface area contributed by atoms with Crippen molar-refractivity contribution in [2.75, 3.05) is 75.2 Å². The standard InChI is InChI=1S/2C45H49ClN6O6S/c2*1-4-5-29-20-33-23-37(25-41(52(54)55)39(33)21-29)59(56,57)49-44(53)38-11-10-35(24-42(38)58-36-22-31-13-15-47-43(31)48-27-36)51-18-16-50(17-19-51)28-32-12-14-45(2,3)26-40(32)30-6-8-34(46)9-7-30/h2*6-11,13,15,22-25,27,29H,4-5,12,14,16-21,26,28H2,1-3H3,(H,47,48)(H,49,53)/t2*29-/m10/s1. The largest absolute Gasteiger partial charge is 0.455 e. The molecule has 2 atom stereocenters. The molecule has 0 unspecified atom stereocenters. The van der Waals surface area contributed by atoms with E-state index >= 15 is 0 Å².